The van der Waals surface area contributed by atoms with Crippen molar-refractivity contribution in [1.82, 2.24) is 5.32 Å². The minimum atomic E-state index is -1.09. The van der Waals surface area contributed by atoms with Gasteiger partial charge in [0.2, 0.25) is 5.91 Å². The molecule has 0 aromatic heterocycles. The molecule has 1 fully saturated rings. The van der Waals surface area contributed by atoms with E-state index in [1.165, 1.54) is 6.07 Å². The molecule has 4 nitrogen and oxygen atoms in total. The molecule has 0 aliphatic heterocycles. The smallest absolute Gasteiger partial charge is 0.326 e. The summed E-state index contributed by atoms with van der Waals surface area (Å²) in [4.78, 5) is 23.6. The Hall–Kier alpha value is -2.17. The Kier molecular flexibility index (Phi) is 4.40. The van der Waals surface area contributed by atoms with Crippen LogP contribution in [0.5, 0.6) is 0 Å². The summed E-state index contributed by atoms with van der Waals surface area (Å²) >= 11 is 0. The number of aliphatic carboxylic acids is 1. The molecule has 112 valence electrons. The van der Waals surface area contributed by atoms with Gasteiger partial charge in [-0.2, -0.15) is 0 Å². The van der Waals surface area contributed by atoms with Crippen LogP contribution in [0, 0.1) is 5.82 Å². The first-order valence-electron chi connectivity index (χ1n) is 6.91. The Bertz CT molecular complexity index is 579. The summed E-state index contributed by atoms with van der Waals surface area (Å²) < 4.78 is 13.9. The SMILES string of the molecule is C/C=C/CC(NC(=O)C1(c2ccccc2F)CC1)C(=O)O. The maximum atomic E-state index is 13.9. The molecule has 1 aliphatic carbocycles. The van der Waals surface area contributed by atoms with Crippen molar-refractivity contribution in [2.75, 3.05) is 0 Å². The van der Waals surface area contributed by atoms with E-state index >= 15 is 0 Å². The van der Waals surface area contributed by atoms with Gasteiger partial charge in [-0.25, -0.2) is 9.18 Å². The Morgan fingerprint density at radius 1 is 1.43 bits per heavy atom. The molecule has 1 unspecified atom stereocenters. The van der Waals surface area contributed by atoms with Crippen molar-refractivity contribution in [3.8, 4) is 0 Å². The third-order valence-electron chi connectivity index (χ3n) is 3.78. The lowest BCUT2D eigenvalue weighted by atomic mass is 9.94. The largest absolute Gasteiger partial charge is 0.480 e. The summed E-state index contributed by atoms with van der Waals surface area (Å²) in [7, 11) is 0. The van der Waals surface area contributed by atoms with E-state index in [0.29, 0.717) is 18.4 Å². The highest BCUT2D eigenvalue weighted by Gasteiger charge is 2.53. The van der Waals surface area contributed by atoms with Gasteiger partial charge in [0.05, 0.1) is 5.41 Å². The van der Waals surface area contributed by atoms with Gasteiger partial charge in [-0.05, 0) is 32.3 Å². The van der Waals surface area contributed by atoms with Gasteiger partial charge >= 0.3 is 5.97 Å². The number of rotatable bonds is 6. The van der Waals surface area contributed by atoms with Gasteiger partial charge in [-0.3, -0.25) is 4.79 Å². The van der Waals surface area contributed by atoms with Crippen LogP contribution in [0.1, 0.15) is 31.7 Å². The second kappa shape index (κ2) is 6.08. The van der Waals surface area contributed by atoms with Gasteiger partial charge in [-0.15, -0.1) is 0 Å². The average molecular weight is 291 g/mol. The first-order valence-corrected chi connectivity index (χ1v) is 6.91. The molecule has 5 heteroatoms. The van der Waals surface area contributed by atoms with Gasteiger partial charge in [0, 0.05) is 5.56 Å². The minimum absolute atomic E-state index is 0.213. The highest BCUT2D eigenvalue weighted by molar-refractivity contribution is 5.94. The lowest BCUT2D eigenvalue weighted by molar-refractivity contribution is -0.142. The van der Waals surface area contributed by atoms with E-state index in [4.69, 9.17) is 5.11 Å². The van der Waals surface area contributed by atoms with Crippen LogP contribution >= 0.6 is 0 Å². The number of allylic oxidation sites excluding steroid dienone is 1. The lowest BCUT2D eigenvalue weighted by Gasteiger charge is -2.19. The predicted octanol–water partition coefficient (Wildman–Crippen LogP) is 2.39. The number of carboxylic acid groups (broad SMARTS) is 1. The van der Waals surface area contributed by atoms with Gasteiger partial charge in [-0.1, -0.05) is 30.4 Å². The number of hydrogen-bond acceptors (Lipinski definition) is 2. The number of carbonyl (C=O) groups excluding carboxylic acids is 1. The molecule has 2 rings (SSSR count). The topological polar surface area (TPSA) is 66.4 Å². The predicted molar refractivity (Wildman–Crippen MR) is 76.3 cm³/mol. The van der Waals surface area contributed by atoms with Crippen molar-refractivity contribution in [1.29, 1.82) is 0 Å². The summed E-state index contributed by atoms with van der Waals surface area (Å²) in [5, 5.41) is 11.7. The van der Waals surface area contributed by atoms with Crippen LogP contribution in [-0.4, -0.2) is 23.0 Å². The fourth-order valence-electron chi connectivity index (χ4n) is 2.38. The summed E-state index contributed by atoms with van der Waals surface area (Å²) in [6.45, 7) is 1.78. The number of carbonyl (C=O) groups is 2. The Morgan fingerprint density at radius 3 is 2.62 bits per heavy atom. The quantitative estimate of drug-likeness (QED) is 0.791. The molecule has 1 aromatic rings. The molecule has 1 atom stereocenters. The lowest BCUT2D eigenvalue weighted by Crippen LogP contribution is -2.45. The Labute approximate surface area is 122 Å². The molecule has 1 aromatic carbocycles. The third-order valence-corrected chi connectivity index (χ3v) is 3.78. The molecular weight excluding hydrogens is 273 g/mol. The standard InChI is InChI=1S/C16H18FNO3/c1-2-3-8-13(14(19)20)18-15(21)16(9-10-16)11-6-4-5-7-12(11)17/h2-7,13H,8-10H2,1H3,(H,18,21)(H,19,20)/b3-2+. The van der Waals surface area contributed by atoms with Gasteiger partial charge in [0.15, 0.2) is 0 Å². The van der Waals surface area contributed by atoms with E-state index in [1.54, 1.807) is 37.3 Å². The first kappa shape index (κ1) is 15.2. The Morgan fingerprint density at radius 2 is 2.10 bits per heavy atom. The van der Waals surface area contributed by atoms with E-state index < -0.39 is 29.2 Å². The second-order valence-corrected chi connectivity index (χ2v) is 5.23. The summed E-state index contributed by atoms with van der Waals surface area (Å²) in [6, 6.07) is 5.16. The van der Waals surface area contributed by atoms with E-state index in [-0.39, 0.29) is 6.42 Å². The average Bonchev–Trinajstić information content (AvgIpc) is 3.25. The normalized spacial score (nSPS) is 17.4. The molecule has 21 heavy (non-hydrogen) atoms. The number of benzene rings is 1. The zero-order valence-corrected chi connectivity index (χ0v) is 11.8. The van der Waals surface area contributed by atoms with E-state index in [2.05, 4.69) is 5.32 Å². The van der Waals surface area contributed by atoms with Crippen LogP contribution in [0.15, 0.2) is 36.4 Å². The van der Waals surface area contributed by atoms with E-state index in [9.17, 15) is 14.0 Å². The minimum Gasteiger partial charge on any atom is -0.480 e. The fourth-order valence-corrected chi connectivity index (χ4v) is 2.38. The monoisotopic (exact) mass is 291 g/mol. The highest BCUT2D eigenvalue weighted by atomic mass is 19.1. The van der Waals surface area contributed by atoms with Gasteiger partial charge in [0.25, 0.3) is 0 Å². The Balaban J connectivity index is 2.16. The molecule has 0 spiro atoms. The van der Waals surface area contributed by atoms with Crippen molar-refractivity contribution >= 4 is 11.9 Å². The number of hydrogen-bond donors (Lipinski definition) is 2. The van der Waals surface area contributed by atoms with Crippen LogP contribution in [0.4, 0.5) is 4.39 Å². The first-order chi connectivity index (χ1) is 10.0. The van der Waals surface area contributed by atoms with Crippen molar-refractivity contribution in [2.24, 2.45) is 0 Å². The van der Waals surface area contributed by atoms with Crippen LogP contribution < -0.4 is 5.32 Å². The van der Waals surface area contributed by atoms with Crippen molar-refractivity contribution in [3.63, 3.8) is 0 Å². The molecule has 0 bridgehead atoms. The zero-order chi connectivity index (χ0) is 15.5. The summed E-state index contributed by atoms with van der Waals surface area (Å²) in [5.41, 5.74) is -0.563. The number of amides is 1. The molecule has 2 N–H and O–H groups in total. The van der Waals surface area contributed by atoms with Crippen LogP contribution in [-0.2, 0) is 15.0 Å². The molecule has 1 aliphatic rings. The van der Waals surface area contributed by atoms with Crippen LogP contribution in [0.25, 0.3) is 0 Å². The second-order valence-electron chi connectivity index (χ2n) is 5.23. The van der Waals surface area contributed by atoms with Crippen molar-refractivity contribution in [2.45, 2.75) is 37.6 Å². The van der Waals surface area contributed by atoms with Crippen LogP contribution in [0.2, 0.25) is 0 Å². The number of nitrogens with one attached hydrogen (secondary N) is 1. The van der Waals surface area contributed by atoms with E-state index in [0.717, 1.165) is 0 Å². The maximum absolute atomic E-state index is 13.9. The highest BCUT2D eigenvalue weighted by Crippen LogP contribution is 2.49. The maximum Gasteiger partial charge on any atom is 0.326 e. The summed E-state index contributed by atoms with van der Waals surface area (Å²) in [6.07, 6.45) is 4.70. The van der Waals surface area contributed by atoms with Crippen molar-refractivity contribution in [3.05, 3.63) is 47.8 Å². The molecular formula is C16H18FNO3. The fraction of sp³-hybridized carbons (Fsp3) is 0.375. The van der Waals surface area contributed by atoms with Crippen molar-refractivity contribution < 1.29 is 19.1 Å². The van der Waals surface area contributed by atoms with Gasteiger partial charge < -0.3 is 10.4 Å². The van der Waals surface area contributed by atoms with Gasteiger partial charge in [0.1, 0.15) is 11.9 Å². The summed E-state index contributed by atoms with van der Waals surface area (Å²) in [5.74, 6) is -1.93. The van der Waals surface area contributed by atoms with Crippen LogP contribution in [0.3, 0.4) is 0 Å². The number of halogens is 1. The number of carboxylic acids is 1. The third kappa shape index (κ3) is 3.12. The molecule has 1 amide bonds. The molecule has 0 radical (unpaired) electrons. The molecule has 0 saturated heterocycles. The molecule has 1 saturated carbocycles. The van der Waals surface area contributed by atoms with E-state index in [1.807, 2.05) is 0 Å². The zero-order valence-electron chi connectivity index (χ0n) is 11.8. The molecule has 0 heterocycles.